The topological polar surface area (TPSA) is 62.7 Å². The summed E-state index contributed by atoms with van der Waals surface area (Å²) in [7, 11) is 0. The second-order valence-corrected chi connectivity index (χ2v) is 5.27. The predicted molar refractivity (Wildman–Crippen MR) is 72.6 cm³/mol. The van der Waals surface area contributed by atoms with Gasteiger partial charge in [0.15, 0.2) is 0 Å². The summed E-state index contributed by atoms with van der Waals surface area (Å²) in [6.45, 7) is 1.42. The van der Waals surface area contributed by atoms with Gasteiger partial charge in [-0.25, -0.2) is 0 Å². The molecule has 0 aromatic heterocycles. The van der Waals surface area contributed by atoms with Gasteiger partial charge in [-0.05, 0) is 50.2 Å². The molecule has 0 unspecified atom stereocenters. The van der Waals surface area contributed by atoms with Crippen LogP contribution in [0.1, 0.15) is 18.4 Å². The number of ether oxygens (including phenoxy) is 1. The van der Waals surface area contributed by atoms with Crippen LogP contribution in [-0.2, 0) is 4.79 Å². The smallest absolute Gasteiger partial charge is 0.406 e. The van der Waals surface area contributed by atoms with Crippen LogP contribution in [0, 0.1) is 0 Å². The Bertz CT molecular complexity index is 605. The molecule has 1 amide bonds. The lowest BCUT2D eigenvalue weighted by molar-refractivity contribution is -0.274. The molecule has 2 aliphatic rings. The fourth-order valence-electron chi connectivity index (χ4n) is 2.65. The van der Waals surface area contributed by atoms with Gasteiger partial charge in [0.05, 0.1) is 0 Å². The van der Waals surface area contributed by atoms with Gasteiger partial charge in [0.25, 0.3) is 5.91 Å². The molecule has 2 heterocycles. The zero-order valence-electron chi connectivity index (χ0n) is 11.5. The van der Waals surface area contributed by atoms with Crippen LogP contribution in [0.4, 0.5) is 13.2 Å². The summed E-state index contributed by atoms with van der Waals surface area (Å²) in [5, 5.41) is 5.89. The van der Waals surface area contributed by atoms with Crippen molar-refractivity contribution in [3.63, 3.8) is 0 Å². The minimum atomic E-state index is -4.72. The second kappa shape index (κ2) is 5.28. The van der Waals surface area contributed by atoms with E-state index in [1.165, 1.54) is 24.3 Å². The van der Waals surface area contributed by atoms with Crippen molar-refractivity contribution in [3.8, 4) is 5.75 Å². The predicted octanol–water partition coefficient (Wildman–Crippen LogP) is 1.58. The van der Waals surface area contributed by atoms with E-state index >= 15 is 0 Å². The maximum Gasteiger partial charge on any atom is 0.573 e. The first-order chi connectivity index (χ1) is 10.4. The van der Waals surface area contributed by atoms with Crippen LogP contribution < -0.4 is 15.4 Å². The Kier molecular flexibility index (Phi) is 3.56. The van der Waals surface area contributed by atoms with Crippen LogP contribution in [0.25, 0.3) is 0 Å². The van der Waals surface area contributed by atoms with Crippen LogP contribution >= 0.6 is 0 Å². The van der Waals surface area contributed by atoms with E-state index in [0.29, 0.717) is 37.3 Å². The molecule has 1 spiro atoms. The van der Waals surface area contributed by atoms with E-state index in [4.69, 9.17) is 0 Å². The molecule has 118 valence electrons. The van der Waals surface area contributed by atoms with Gasteiger partial charge in [-0.2, -0.15) is 0 Å². The van der Waals surface area contributed by atoms with E-state index in [1.54, 1.807) is 0 Å². The molecule has 2 aliphatic heterocycles. The van der Waals surface area contributed by atoms with Crippen LogP contribution in [-0.4, -0.2) is 36.7 Å². The number of amides is 1. The number of carbonyl (C=O) groups excluding carboxylic acids is 1. The van der Waals surface area contributed by atoms with Gasteiger partial charge in [0.1, 0.15) is 17.1 Å². The zero-order chi connectivity index (χ0) is 15.8. The van der Waals surface area contributed by atoms with Gasteiger partial charge in [-0.3, -0.25) is 9.79 Å². The first-order valence-corrected chi connectivity index (χ1v) is 6.86. The number of alkyl halides is 3. The maximum absolute atomic E-state index is 12.2. The number of halogens is 3. The lowest BCUT2D eigenvalue weighted by Crippen LogP contribution is -2.47. The number of nitrogens with zero attached hydrogens (tertiary/aromatic N) is 1. The summed E-state index contributed by atoms with van der Waals surface area (Å²) in [6.07, 6.45) is -3.50. The second-order valence-electron chi connectivity index (χ2n) is 5.27. The number of hydrogen-bond acceptors (Lipinski definition) is 4. The standard InChI is InChI=1S/C14H14F3N3O2/c15-14(16,17)22-10-3-1-9(2-4-10)11-19-12(21)13(20-11)5-7-18-8-6-13/h1-4,18H,5-8H2,(H,19,20,21). The Hall–Kier alpha value is -2.09. The monoisotopic (exact) mass is 313 g/mol. The van der Waals surface area contributed by atoms with Crippen molar-refractivity contribution in [1.82, 2.24) is 10.6 Å². The molecular weight excluding hydrogens is 299 g/mol. The Labute approximate surface area is 124 Å². The number of carbonyl (C=O) groups is 1. The van der Waals surface area contributed by atoms with Crippen molar-refractivity contribution < 1.29 is 22.7 Å². The third kappa shape index (κ3) is 2.92. The highest BCUT2D eigenvalue weighted by Crippen LogP contribution is 2.29. The van der Waals surface area contributed by atoms with Crippen molar-refractivity contribution in [2.24, 2.45) is 4.99 Å². The molecule has 5 nitrogen and oxygen atoms in total. The SMILES string of the molecule is O=C1NC(c2ccc(OC(F)(F)F)cc2)=NC12CCNCC2. The summed E-state index contributed by atoms with van der Waals surface area (Å²) in [4.78, 5) is 16.7. The number of nitrogens with one attached hydrogen (secondary N) is 2. The molecule has 1 fully saturated rings. The first kappa shape index (κ1) is 14.8. The molecule has 2 N–H and O–H groups in total. The van der Waals surface area contributed by atoms with E-state index in [2.05, 4.69) is 20.4 Å². The fourth-order valence-corrected chi connectivity index (χ4v) is 2.65. The van der Waals surface area contributed by atoms with Crippen molar-refractivity contribution in [1.29, 1.82) is 0 Å². The van der Waals surface area contributed by atoms with E-state index in [-0.39, 0.29) is 11.7 Å². The molecule has 3 rings (SSSR count). The summed E-state index contributed by atoms with van der Waals surface area (Å²) in [5.74, 6) is -0.0668. The minimum Gasteiger partial charge on any atom is -0.406 e. The average Bonchev–Trinajstić information content (AvgIpc) is 2.76. The number of amidine groups is 1. The molecule has 1 saturated heterocycles. The summed E-state index contributed by atoms with van der Waals surface area (Å²) < 4.78 is 40.2. The van der Waals surface area contributed by atoms with Crippen molar-refractivity contribution >= 4 is 11.7 Å². The fraction of sp³-hybridized carbons (Fsp3) is 0.429. The van der Waals surface area contributed by atoms with E-state index in [9.17, 15) is 18.0 Å². The molecule has 0 radical (unpaired) electrons. The molecule has 0 saturated carbocycles. The van der Waals surface area contributed by atoms with Crippen LogP contribution in [0.3, 0.4) is 0 Å². The van der Waals surface area contributed by atoms with Crippen LogP contribution in [0.15, 0.2) is 29.3 Å². The third-order valence-corrected chi connectivity index (χ3v) is 3.77. The van der Waals surface area contributed by atoms with Gasteiger partial charge in [0, 0.05) is 5.56 Å². The lowest BCUT2D eigenvalue weighted by atomic mass is 9.89. The third-order valence-electron chi connectivity index (χ3n) is 3.77. The Morgan fingerprint density at radius 2 is 1.77 bits per heavy atom. The Morgan fingerprint density at radius 3 is 2.36 bits per heavy atom. The Balaban J connectivity index is 1.80. The number of piperidine rings is 1. The highest BCUT2D eigenvalue weighted by molar-refractivity contribution is 6.15. The van der Waals surface area contributed by atoms with Gasteiger partial charge < -0.3 is 15.4 Å². The summed E-state index contributed by atoms with van der Waals surface area (Å²) in [5.41, 5.74) is -0.194. The maximum atomic E-state index is 12.2. The number of benzene rings is 1. The molecule has 1 aromatic rings. The molecule has 1 aromatic carbocycles. The normalized spacial score (nSPS) is 20.7. The molecule has 0 atom stereocenters. The van der Waals surface area contributed by atoms with E-state index in [0.717, 1.165) is 0 Å². The van der Waals surface area contributed by atoms with Gasteiger partial charge in [-0.15, -0.1) is 13.2 Å². The highest BCUT2D eigenvalue weighted by Gasteiger charge is 2.44. The first-order valence-electron chi connectivity index (χ1n) is 6.86. The molecule has 0 aliphatic carbocycles. The number of aliphatic imine (C=N–C) groups is 1. The van der Waals surface area contributed by atoms with E-state index in [1.807, 2.05) is 0 Å². The van der Waals surface area contributed by atoms with Gasteiger partial charge in [0.2, 0.25) is 0 Å². The van der Waals surface area contributed by atoms with Crippen LogP contribution in [0.5, 0.6) is 5.75 Å². The quantitative estimate of drug-likeness (QED) is 0.871. The number of hydrogen-bond donors (Lipinski definition) is 2. The van der Waals surface area contributed by atoms with Crippen LogP contribution in [0.2, 0.25) is 0 Å². The van der Waals surface area contributed by atoms with E-state index < -0.39 is 11.9 Å². The highest BCUT2D eigenvalue weighted by atomic mass is 19.4. The lowest BCUT2D eigenvalue weighted by Gasteiger charge is -2.28. The minimum absolute atomic E-state index is 0.153. The average molecular weight is 313 g/mol. The van der Waals surface area contributed by atoms with Crippen molar-refractivity contribution in [3.05, 3.63) is 29.8 Å². The summed E-state index contributed by atoms with van der Waals surface area (Å²) in [6, 6.07) is 5.29. The van der Waals surface area contributed by atoms with Gasteiger partial charge >= 0.3 is 6.36 Å². The van der Waals surface area contributed by atoms with Crippen molar-refractivity contribution in [2.45, 2.75) is 24.7 Å². The largest absolute Gasteiger partial charge is 0.573 e. The Morgan fingerprint density at radius 1 is 1.14 bits per heavy atom. The zero-order valence-corrected chi connectivity index (χ0v) is 11.5. The number of rotatable bonds is 2. The van der Waals surface area contributed by atoms with Crippen molar-refractivity contribution in [2.75, 3.05) is 13.1 Å². The molecule has 22 heavy (non-hydrogen) atoms. The van der Waals surface area contributed by atoms with Gasteiger partial charge in [-0.1, -0.05) is 0 Å². The molecule has 0 bridgehead atoms. The molecule has 8 heteroatoms. The molecular formula is C14H14F3N3O2. The summed E-state index contributed by atoms with van der Waals surface area (Å²) >= 11 is 0.